The van der Waals surface area contributed by atoms with Crippen LogP contribution >= 0.6 is 0 Å². The highest BCUT2D eigenvalue weighted by molar-refractivity contribution is 5.49. The zero-order valence-corrected chi connectivity index (χ0v) is 8.64. The minimum Gasteiger partial charge on any atom is -0.454 e. The Balaban J connectivity index is 2.32. The number of aliphatic hydroxyl groups is 1. The highest BCUT2D eigenvalue weighted by Crippen LogP contribution is 2.38. The molecule has 0 saturated heterocycles. The van der Waals surface area contributed by atoms with Crippen LogP contribution in [-0.2, 0) is 0 Å². The molecule has 1 aliphatic heterocycles. The van der Waals surface area contributed by atoms with Crippen LogP contribution in [-0.4, -0.2) is 18.0 Å². The first-order valence-electron chi connectivity index (χ1n) is 5.06. The molecule has 1 aromatic rings. The molecule has 0 saturated carbocycles. The van der Waals surface area contributed by atoms with Crippen molar-refractivity contribution < 1.29 is 14.6 Å². The minimum atomic E-state index is -0.555. The van der Waals surface area contributed by atoms with Crippen LogP contribution in [0.1, 0.15) is 24.9 Å². The van der Waals surface area contributed by atoms with Crippen molar-refractivity contribution in [2.45, 2.75) is 25.5 Å². The molecule has 0 spiro atoms. The number of rotatable bonds is 3. The van der Waals surface area contributed by atoms with Crippen LogP contribution < -0.4 is 15.2 Å². The lowest BCUT2D eigenvalue weighted by molar-refractivity contribution is 0.137. The normalized spacial score (nSPS) is 17.5. The van der Waals surface area contributed by atoms with Crippen LogP contribution in [0.25, 0.3) is 0 Å². The number of ether oxygens (including phenoxy) is 2. The molecule has 0 amide bonds. The molecule has 82 valence electrons. The van der Waals surface area contributed by atoms with Gasteiger partial charge in [-0.1, -0.05) is 19.1 Å². The van der Waals surface area contributed by atoms with Gasteiger partial charge in [0.05, 0.1) is 12.1 Å². The monoisotopic (exact) mass is 209 g/mol. The zero-order valence-electron chi connectivity index (χ0n) is 8.64. The molecule has 4 heteroatoms. The summed E-state index contributed by atoms with van der Waals surface area (Å²) in [5.74, 6) is 1.36. The van der Waals surface area contributed by atoms with Crippen molar-refractivity contribution in [1.82, 2.24) is 0 Å². The predicted molar refractivity (Wildman–Crippen MR) is 55.8 cm³/mol. The molecular formula is C11H15NO3. The van der Waals surface area contributed by atoms with E-state index in [1.54, 1.807) is 0 Å². The second-order valence-corrected chi connectivity index (χ2v) is 3.58. The topological polar surface area (TPSA) is 64.7 Å². The Labute approximate surface area is 88.6 Å². The van der Waals surface area contributed by atoms with Gasteiger partial charge in [-0.25, -0.2) is 0 Å². The fraction of sp³-hybridized carbons (Fsp3) is 0.455. The summed E-state index contributed by atoms with van der Waals surface area (Å²) in [5, 5.41) is 9.69. The lowest BCUT2D eigenvalue weighted by Gasteiger charge is -2.18. The number of para-hydroxylation sites is 1. The summed E-state index contributed by atoms with van der Waals surface area (Å²) in [7, 11) is 0. The average molecular weight is 209 g/mol. The number of nitrogens with two attached hydrogens (primary N) is 1. The van der Waals surface area contributed by atoms with Gasteiger partial charge in [-0.15, -0.1) is 0 Å². The Morgan fingerprint density at radius 3 is 3.00 bits per heavy atom. The molecule has 0 aliphatic carbocycles. The van der Waals surface area contributed by atoms with Crippen LogP contribution in [0.3, 0.4) is 0 Å². The van der Waals surface area contributed by atoms with Crippen molar-refractivity contribution in [2.24, 2.45) is 5.73 Å². The van der Waals surface area contributed by atoms with Crippen LogP contribution in [0, 0.1) is 0 Å². The van der Waals surface area contributed by atoms with Gasteiger partial charge >= 0.3 is 0 Å². The van der Waals surface area contributed by atoms with Gasteiger partial charge in [0.2, 0.25) is 6.79 Å². The first kappa shape index (κ1) is 10.3. The van der Waals surface area contributed by atoms with Crippen molar-refractivity contribution >= 4 is 0 Å². The molecule has 0 unspecified atom stereocenters. The maximum atomic E-state index is 9.69. The number of fused-ring (bicyclic) bond motifs is 1. The maximum Gasteiger partial charge on any atom is 0.231 e. The van der Waals surface area contributed by atoms with Gasteiger partial charge in [-0.2, -0.15) is 0 Å². The average Bonchev–Trinajstić information content (AvgIpc) is 2.74. The minimum absolute atomic E-state index is 0.223. The van der Waals surface area contributed by atoms with E-state index in [4.69, 9.17) is 15.2 Å². The summed E-state index contributed by atoms with van der Waals surface area (Å²) >= 11 is 0. The fourth-order valence-electron chi connectivity index (χ4n) is 1.68. The van der Waals surface area contributed by atoms with Gasteiger partial charge < -0.3 is 20.3 Å². The summed E-state index contributed by atoms with van der Waals surface area (Å²) in [5.41, 5.74) is 6.74. The number of aliphatic hydroxyl groups excluding tert-OH is 1. The van der Waals surface area contributed by atoms with Crippen molar-refractivity contribution in [3.8, 4) is 11.5 Å². The van der Waals surface area contributed by atoms with E-state index in [2.05, 4.69) is 0 Å². The van der Waals surface area contributed by atoms with E-state index in [1.807, 2.05) is 25.1 Å². The Bertz CT molecular complexity index is 354. The van der Waals surface area contributed by atoms with E-state index in [-0.39, 0.29) is 6.79 Å². The largest absolute Gasteiger partial charge is 0.454 e. The molecule has 3 N–H and O–H groups in total. The maximum absolute atomic E-state index is 9.69. The summed E-state index contributed by atoms with van der Waals surface area (Å²) in [6, 6.07) is 5.12. The SMILES string of the molecule is CC[C@H](O)[C@H](N)c1cccc2c1OCO2. The molecule has 2 rings (SSSR count). The van der Waals surface area contributed by atoms with Gasteiger partial charge in [0.15, 0.2) is 11.5 Å². The Hall–Kier alpha value is -1.26. The van der Waals surface area contributed by atoms with Crippen molar-refractivity contribution in [3.63, 3.8) is 0 Å². The molecule has 1 heterocycles. The highest BCUT2D eigenvalue weighted by Gasteiger charge is 2.24. The highest BCUT2D eigenvalue weighted by atomic mass is 16.7. The van der Waals surface area contributed by atoms with Gasteiger partial charge in [0.25, 0.3) is 0 Å². The molecular weight excluding hydrogens is 194 g/mol. The van der Waals surface area contributed by atoms with Gasteiger partial charge in [-0.3, -0.25) is 0 Å². The first-order valence-corrected chi connectivity index (χ1v) is 5.06. The Kier molecular flexibility index (Phi) is 2.79. The number of hydrogen-bond donors (Lipinski definition) is 2. The van der Waals surface area contributed by atoms with E-state index in [0.29, 0.717) is 17.9 Å². The third-order valence-corrected chi connectivity index (χ3v) is 2.62. The predicted octanol–water partition coefficient (Wildman–Crippen LogP) is 1.19. The van der Waals surface area contributed by atoms with E-state index < -0.39 is 12.1 Å². The molecule has 1 aliphatic rings. The van der Waals surface area contributed by atoms with Crippen LogP contribution in [0.2, 0.25) is 0 Å². The summed E-state index contributed by atoms with van der Waals surface area (Å²) in [4.78, 5) is 0. The van der Waals surface area contributed by atoms with Gasteiger partial charge in [0.1, 0.15) is 0 Å². The fourth-order valence-corrected chi connectivity index (χ4v) is 1.68. The van der Waals surface area contributed by atoms with Crippen LogP contribution in [0.15, 0.2) is 18.2 Å². The van der Waals surface area contributed by atoms with Gasteiger partial charge in [-0.05, 0) is 12.5 Å². The Morgan fingerprint density at radius 1 is 1.47 bits per heavy atom. The molecule has 4 nitrogen and oxygen atoms in total. The van der Waals surface area contributed by atoms with Crippen LogP contribution in [0.4, 0.5) is 0 Å². The summed E-state index contributed by atoms with van der Waals surface area (Å²) in [6.45, 7) is 2.12. The third kappa shape index (κ3) is 1.78. The standard InChI is InChI=1S/C11H15NO3/c1-2-8(13)10(12)7-4-3-5-9-11(7)15-6-14-9/h3-5,8,10,13H,2,6,12H2,1H3/t8-,10+/m0/s1. The van der Waals surface area contributed by atoms with E-state index >= 15 is 0 Å². The second kappa shape index (κ2) is 4.08. The number of hydrogen-bond acceptors (Lipinski definition) is 4. The van der Waals surface area contributed by atoms with Crippen LogP contribution in [0.5, 0.6) is 11.5 Å². The lowest BCUT2D eigenvalue weighted by Crippen LogP contribution is -2.25. The Morgan fingerprint density at radius 2 is 2.27 bits per heavy atom. The van der Waals surface area contributed by atoms with Crippen molar-refractivity contribution in [1.29, 1.82) is 0 Å². The van der Waals surface area contributed by atoms with E-state index in [0.717, 1.165) is 5.56 Å². The second-order valence-electron chi connectivity index (χ2n) is 3.58. The molecule has 0 radical (unpaired) electrons. The molecule has 15 heavy (non-hydrogen) atoms. The zero-order chi connectivity index (χ0) is 10.8. The van der Waals surface area contributed by atoms with Crippen molar-refractivity contribution in [2.75, 3.05) is 6.79 Å². The molecule has 0 fully saturated rings. The smallest absolute Gasteiger partial charge is 0.231 e. The summed E-state index contributed by atoms with van der Waals surface area (Å²) < 4.78 is 10.6. The van der Waals surface area contributed by atoms with E-state index in [9.17, 15) is 5.11 Å². The molecule has 0 bridgehead atoms. The molecule has 0 aromatic heterocycles. The lowest BCUT2D eigenvalue weighted by atomic mass is 9.99. The third-order valence-electron chi connectivity index (χ3n) is 2.62. The first-order chi connectivity index (χ1) is 7.24. The quantitative estimate of drug-likeness (QED) is 0.784. The molecule has 2 atom stereocenters. The van der Waals surface area contributed by atoms with Crippen molar-refractivity contribution in [3.05, 3.63) is 23.8 Å². The molecule has 1 aromatic carbocycles. The van der Waals surface area contributed by atoms with E-state index in [1.165, 1.54) is 0 Å². The summed E-state index contributed by atoms with van der Waals surface area (Å²) in [6.07, 6.45) is 0.0618. The number of benzene rings is 1. The van der Waals surface area contributed by atoms with Gasteiger partial charge in [0, 0.05) is 5.56 Å².